The van der Waals surface area contributed by atoms with Crippen LogP contribution in [0.25, 0.3) is 9.88 Å². The molecule has 2 nitrogen and oxygen atoms in total. The van der Waals surface area contributed by atoms with Crippen molar-refractivity contribution < 1.29 is 0 Å². The van der Waals surface area contributed by atoms with Crippen molar-refractivity contribution in [3.05, 3.63) is 28.1 Å². The first kappa shape index (κ1) is 13.3. The summed E-state index contributed by atoms with van der Waals surface area (Å²) in [6.07, 6.45) is 2.66. The summed E-state index contributed by atoms with van der Waals surface area (Å²) in [6, 6.07) is 5.20. The lowest BCUT2D eigenvalue weighted by atomic mass is 9.95. The maximum Gasteiger partial charge on any atom is 0.133 e. The summed E-state index contributed by atoms with van der Waals surface area (Å²) in [5, 5.41) is 6.86. The third kappa shape index (κ3) is 3.25. The maximum absolute atomic E-state index is 4.74. The van der Waals surface area contributed by atoms with Crippen LogP contribution in [0.1, 0.15) is 44.2 Å². The zero-order chi connectivity index (χ0) is 13.5. The Hall–Kier alpha value is -0.710. The van der Waals surface area contributed by atoms with E-state index in [9.17, 15) is 0 Å². The number of rotatable bonds is 4. The Morgan fingerprint density at radius 1 is 1.32 bits per heavy atom. The second kappa shape index (κ2) is 5.00. The van der Waals surface area contributed by atoms with E-state index in [0.717, 1.165) is 17.6 Å². The fourth-order valence-corrected chi connectivity index (χ4v) is 3.85. The van der Waals surface area contributed by atoms with Crippen molar-refractivity contribution >= 4 is 22.7 Å². The quantitative estimate of drug-likeness (QED) is 0.902. The van der Waals surface area contributed by atoms with E-state index < -0.39 is 0 Å². The van der Waals surface area contributed by atoms with Crippen molar-refractivity contribution in [2.75, 3.05) is 0 Å². The van der Waals surface area contributed by atoms with Crippen LogP contribution in [-0.2, 0) is 12.0 Å². The number of aromatic nitrogens is 1. The summed E-state index contributed by atoms with van der Waals surface area (Å²) in [7, 11) is 0. The van der Waals surface area contributed by atoms with Crippen molar-refractivity contribution in [2.24, 2.45) is 0 Å². The van der Waals surface area contributed by atoms with Gasteiger partial charge in [0, 0.05) is 22.8 Å². The maximum atomic E-state index is 4.74. The Kier molecular flexibility index (Phi) is 3.50. The van der Waals surface area contributed by atoms with Gasteiger partial charge in [-0.15, -0.1) is 22.7 Å². The standard InChI is InChI=1S/C15H20N2S2/c1-15(2,3)13-7-6-12(19-13)14-17-11(9-18-14)8-16-10-4-5-10/h6-7,9-10,16H,4-5,8H2,1-3H3. The Morgan fingerprint density at radius 3 is 2.74 bits per heavy atom. The zero-order valence-electron chi connectivity index (χ0n) is 11.7. The molecule has 1 aliphatic carbocycles. The number of thiazole rings is 1. The van der Waals surface area contributed by atoms with Gasteiger partial charge in [-0.2, -0.15) is 0 Å². The second-order valence-corrected chi connectivity index (χ2v) is 8.15. The topological polar surface area (TPSA) is 24.9 Å². The van der Waals surface area contributed by atoms with E-state index in [2.05, 4.69) is 43.6 Å². The van der Waals surface area contributed by atoms with Crippen molar-refractivity contribution in [2.45, 2.75) is 51.6 Å². The third-order valence-electron chi connectivity index (χ3n) is 3.26. The minimum Gasteiger partial charge on any atom is -0.308 e. The van der Waals surface area contributed by atoms with Gasteiger partial charge in [0.2, 0.25) is 0 Å². The summed E-state index contributed by atoms with van der Waals surface area (Å²) < 4.78 is 0. The molecule has 1 saturated carbocycles. The van der Waals surface area contributed by atoms with E-state index in [1.807, 2.05) is 11.3 Å². The molecular weight excluding hydrogens is 272 g/mol. The average molecular weight is 292 g/mol. The molecule has 0 unspecified atom stereocenters. The van der Waals surface area contributed by atoms with Gasteiger partial charge >= 0.3 is 0 Å². The molecule has 2 heterocycles. The third-order valence-corrected chi connectivity index (χ3v) is 5.83. The number of nitrogens with zero attached hydrogens (tertiary/aromatic N) is 1. The SMILES string of the molecule is CC(C)(C)c1ccc(-c2nc(CNC3CC3)cs2)s1. The molecule has 2 aromatic heterocycles. The summed E-state index contributed by atoms with van der Waals surface area (Å²) in [4.78, 5) is 7.47. The van der Waals surface area contributed by atoms with Crippen molar-refractivity contribution in [1.29, 1.82) is 0 Å². The minimum absolute atomic E-state index is 0.233. The molecule has 0 spiro atoms. The monoisotopic (exact) mass is 292 g/mol. The highest BCUT2D eigenvalue weighted by molar-refractivity contribution is 7.21. The minimum atomic E-state index is 0.233. The summed E-state index contributed by atoms with van der Waals surface area (Å²) in [6.45, 7) is 7.69. The molecule has 1 fully saturated rings. The first-order valence-electron chi connectivity index (χ1n) is 6.81. The molecule has 0 bridgehead atoms. The molecule has 0 saturated heterocycles. The number of thiophene rings is 1. The van der Waals surface area contributed by atoms with Crippen LogP contribution in [0.15, 0.2) is 17.5 Å². The molecule has 1 N–H and O–H groups in total. The van der Waals surface area contributed by atoms with Crippen LogP contribution in [-0.4, -0.2) is 11.0 Å². The molecule has 0 amide bonds. The van der Waals surface area contributed by atoms with Gasteiger partial charge in [0.05, 0.1) is 10.6 Å². The Morgan fingerprint density at radius 2 is 2.11 bits per heavy atom. The molecule has 1 aliphatic rings. The lowest BCUT2D eigenvalue weighted by Crippen LogP contribution is -2.15. The van der Waals surface area contributed by atoms with E-state index in [1.165, 1.54) is 28.3 Å². The molecule has 0 atom stereocenters. The van der Waals surface area contributed by atoms with Crippen LogP contribution >= 0.6 is 22.7 Å². The predicted molar refractivity (Wildman–Crippen MR) is 84.0 cm³/mol. The van der Waals surface area contributed by atoms with Crippen LogP contribution < -0.4 is 5.32 Å². The van der Waals surface area contributed by atoms with Gasteiger partial charge in [-0.05, 0) is 30.4 Å². The van der Waals surface area contributed by atoms with Gasteiger partial charge in [-0.25, -0.2) is 4.98 Å². The van der Waals surface area contributed by atoms with E-state index in [-0.39, 0.29) is 5.41 Å². The molecule has 4 heteroatoms. The number of hydrogen-bond acceptors (Lipinski definition) is 4. The average Bonchev–Trinajstić information content (AvgIpc) is 2.87. The van der Waals surface area contributed by atoms with Gasteiger partial charge in [-0.1, -0.05) is 20.8 Å². The summed E-state index contributed by atoms with van der Waals surface area (Å²) in [5.41, 5.74) is 1.41. The van der Waals surface area contributed by atoms with Crippen LogP contribution in [0.3, 0.4) is 0 Å². The smallest absolute Gasteiger partial charge is 0.133 e. The van der Waals surface area contributed by atoms with Crippen molar-refractivity contribution in [3.63, 3.8) is 0 Å². The van der Waals surface area contributed by atoms with Gasteiger partial charge in [0.1, 0.15) is 5.01 Å². The zero-order valence-corrected chi connectivity index (χ0v) is 13.3. The Balaban J connectivity index is 1.72. The summed E-state index contributed by atoms with van der Waals surface area (Å²) in [5.74, 6) is 0. The Labute approximate surface area is 122 Å². The predicted octanol–water partition coefficient (Wildman–Crippen LogP) is 4.42. The first-order chi connectivity index (χ1) is 9.02. The molecule has 2 aromatic rings. The molecule has 0 radical (unpaired) electrons. The van der Waals surface area contributed by atoms with E-state index in [0.29, 0.717) is 0 Å². The highest BCUT2D eigenvalue weighted by atomic mass is 32.1. The van der Waals surface area contributed by atoms with Crippen LogP contribution in [0, 0.1) is 0 Å². The normalized spacial score (nSPS) is 15.9. The largest absolute Gasteiger partial charge is 0.308 e. The van der Waals surface area contributed by atoms with Gasteiger partial charge in [0.25, 0.3) is 0 Å². The molecule has 0 aliphatic heterocycles. The summed E-state index contributed by atoms with van der Waals surface area (Å²) >= 11 is 3.63. The molecular formula is C15H20N2S2. The lowest BCUT2D eigenvalue weighted by molar-refractivity contribution is 0.604. The van der Waals surface area contributed by atoms with Crippen LogP contribution in [0.5, 0.6) is 0 Å². The molecule has 3 rings (SSSR count). The van der Waals surface area contributed by atoms with Crippen molar-refractivity contribution in [3.8, 4) is 9.88 Å². The van der Waals surface area contributed by atoms with Gasteiger partial charge < -0.3 is 5.32 Å². The van der Waals surface area contributed by atoms with E-state index >= 15 is 0 Å². The van der Waals surface area contributed by atoms with E-state index in [1.54, 1.807) is 11.3 Å². The van der Waals surface area contributed by atoms with Crippen LogP contribution in [0.4, 0.5) is 0 Å². The molecule has 102 valence electrons. The first-order valence-corrected chi connectivity index (χ1v) is 8.50. The number of nitrogens with one attached hydrogen (secondary N) is 1. The van der Waals surface area contributed by atoms with Gasteiger partial charge in [-0.3, -0.25) is 0 Å². The lowest BCUT2D eigenvalue weighted by Gasteiger charge is -2.15. The Bertz CT molecular complexity index is 559. The molecule has 19 heavy (non-hydrogen) atoms. The highest BCUT2D eigenvalue weighted by Gasteiger charge is 2.21. The number of hydrogen-bond donors (Lipinski definition) is 1. The highest BCUT2D eigenvalue weighted by Crippen LogP contribution is 2.36. The van der Waals surface area contributed by atoms with Gasteiger partial charge in [0.15, 0.2) is 0 Å². The fourth-order valence-electron chi connectivity index (χ4n) is 1.89. The van der Waals surface area contributed by atoms with Crippen molar-refractivity contribution in [1.82, 2.24) is 10.3 Å². The second-order valence-electron chi connectivity index (χ2n) is 6.21. The van der Waals surface area contributed by atoms with E-state index in [4.69, 9.17) is 4.98 Å². The molecule has 0 aromatic carbocycles. The van der Waals surface area contributed by atoms with Crippen LogP contribution in [0.2, 0.25) is 0 Å². The fraction of sp³-hybridized carbons (Fsp3) is 0.533.